The number of hydrogen-bond acceptors (Lipinski definition) is 10. The summed E-state index contributed by atoms with van der Waals surface area (Å²) in [6, 6.07) is 5.07. The largest absolute Gasteiger partial charge is 0.529 e. The van der Waals surface area contributed by atoms with Crippen molar-refractivity contribution in [2.75, 3.05) is 27.4 Å². The monoisotopic (exact) mass is 587 g/mol. The summed E-state index contributed by atoms with van der Waals surface area (Å²) in [4.78, 5) is 11.9. The molecule has 0 fully saturated rings. The fourth-order valence-electron chi connectivity index (χ4n) is 1.98. The average molecular weight is 589 g/mol. The van der Waals surface area contributed by atoms with Gasteiger partial charge < -0.3 is 18.0 Å². The second-order valence-corrected chi connectivity index (χ2v) is 14.8. The Labute approximate surface area is 209 Å². The van der Waals surface area contributed by atoms with Crippen molar-refractivity contribution in [1.29, 1.82) is 0 Å². The number of benzene rings is 1. The molecule has 1 heterocycles. The predicted molar refractivity (Wildman–Crippen MR) is 133 cm³/mol. The molecule has 0 bridgehead atoms. The van der Waals surface area contributed by atoms with Crippen LogP contribution in [0.4, 0.5) is 0 Å². The quantitative estimate of drug-likeness (QED) is 0.203. The van der Waals surface area contributed by atoms with Crippen molar-refractivity contribution in [2.24, 2.45) is 0 Å². The zero-order valence-electron chi connectivity index (χ0n) is 17.5. The minimum absolute atomic E-state index is 0.167. The van der Waals surface area contributed by atoms with Gasteiger partial charge in [0.2, 0.25) is 5.69 Å². The summed E-state index contributed by atoms with van der Waals surface area (Å²) in [6.45, 7) is 4.67. The Hall–Kier alpha value is -0.0300. The molecule has 0 radical (unpaired) electrons. The molecule has 0 spiro atoms. The van der Waals surface area contributed by atoms with Crippen molar-refractivity contribution in [3.05, 3.63) is 44.5 Å². The van der Waals surface area contributed by atoms with Gasteiger partial charge in [0, 0.05) is 25.3 Å². The van der Waals surface area contributed by atoms with Crippen LogP contribution in [0.3, 0.4) is 0 Å². The summed E-state index contributed by atoms with van der Waals surface area (Å²) in [5.41, 5.74) is -1.32. The lowest BCUT2D eigenvalue weighted by Gasteiger charge is -2.19. The number of rotatable bonds is 11. The Balaban J connectivity index is 0.000000396. The normalized spacial score (nSPS) is 11.7. The molecule has 0 aliphatic heterocycles. The molecule has 0 amide bonds. The first-order valence-electron chi connectivity index (χ1n) is 8.76. The Morgan fingerprint density at radius 2 is 1.81 bits per heavy atom. The third-order valence-corrected chi connectivity index (χ3v) is 10.3. The van der Waals surface area contributed by atoms with Gasteiger partial charge in [-0.25, -0.2) is 9.36 Å². The zero-order chi connectivity index (χ0) is 24.4. The molecule has 0 saturated carbocycles. The number of halogens is 3. The highest BCUT2D eigenvalue weighted by molar-refractivity contribution is 8.67. The fraction of sp³-hybridized carbons (Fsp3) is 0.438. The molecule has 1 aromatic carbocycles. The van der Waals surface area contributed by atoms with Gasteiger partial charge in [-0.2, -0.15) is 0 Å². The van der Waals surface area contributed by atoms with Crippen LogP contribution in [0.25, 0.3) is 11.1 Å². The highest BCUT2D eigenvalue weighted by atomic mass is 35.5. The summed E-state index contributed by atoms with van der Waals surface area (Å²) in [6.07, 6.45) is 0.872. The first-order chi connectivity index (χ1) is 15.0. The molecule has 2 rings (SSSR count). The van der Waals surface area contributed by atoms with Gasteiger partial charge in [-0.15, -0.1) is 0 Å². The van der Waals surface area contributed by atoms with Crippen LogP contribution >= 0.6 is 59.7 Å². The summed E-state index contributed by atoms with van der Waals surface area (Å²) in [5.74, 6) is -0.139. The van der Waals surface area contributed by atoms with Gasteiger partial charge in [0.05, 0.1) is 24.6 Å². The van der Waals surface area contributed by atoms with Gasteiger partial charge in [-0.05, 0) is 49.2 Å². The third kappa shape index (κ3) is 9.68. The van der Waals surface area contributed by atoms with E-state index in [1.807, 2.05) is 13.8 Å². The Bertz CT molecular complexity index is 1040. The number of hydrogen-bond donors (Lipinski definition) is 0. The summed E-state index contributed by atoms with van der Waals surface area (Å²) < 4.78 is 41.9. The fourth-order valence-corrected chi connectivity index (χ4v) is 7.18. The van der Waals surface area contributed by atoms with E-state index in [0.717, 1.165) is 6.26 Å². The van der Waals surface area contributed by atoms with E-state index in [0.29, 0.717) is 35.2 Å². The van der Waals surface area contributed by atoms with Crippen LogP contribution < -0.4 is 5.76 Å². The predicted octanol–water partition coefficient (Wildman–Crippen LogP) is 6.92. The highest BCUT2D eigenvalue weighted by Gasteiger charge is 2.22. The average Bonchev–Trinajstić information content (AvgIpc) is 3.05. The molecule has 182 valence electrons. The van der Waals surface area contributed by atoms with E-state index in [1.165, 1.54) is 30.2 Å². The van der Waals surface area contributed by atoms with E-state index in [9.17, 15) is 9.36 Å². The smallest absolute Gasteiger partial charge is 0.409 e. The molecule has 16 heteroatoms. The second kappa shape index (κ2) is 14.4. The van der Waals surface area contributed by atoms with Crippen molar-refractivity contribution in [3.8, 4) is 0 Å². The van der Waals surface area contributed by atoms with Crippen LogP contribution in [0.2, 0.25) is 5.02 Å². The van der Waals surface area contributed by atoms with Gasteiger partial charge in [0.1, 0.15) is 10.8 Å². The maximum atomic E-state index is 11.9. The summed E-state index contributed by atoms with van der Waals surface area (Å²) in [7, 11) is -1.12. The zero-order valence-corrected chi connectivity index (χ0v) is 23.2. The molecule has 1 aromatic heterocycles. The van der Waals surface area contributed by atoms with Gasteiger partial charge in [0.25, 0.3) is 0 Å². The third-order valence-electron chi connectivity index (χ3n) is 3.27. The first-order valence-corrected chi connectivity index (χ1v) is 15.6. The minimum Gasteiger partial charge on any atom is -0.409 e. The molecular weight excluding hydrogens is 567 g/mol. The number of aromatic nitrogens is 1. The molecule has 0 N–H and O–H groups in total. The van der Waals surface area contributed by atoms with Crippen LogP contribution in [-0.2, 0) is 44.9 Å². The van der Waals surface area contributed by atoms with Gasteiger partial charge in [0.15, 0.2) is 5.58 Å². The van der Waals surface area contributed by atoms with E-state index in [-0.39, 0.29) is 4.49 Å². The van der Waals surface area contributed by atoms with Gasteiger partial charge >= 0.3 is 13.6 Å². The topological polar surface area (TPSA) is 98.4 Å². The molecular formula is C16H22Cl3NO8P2S2. The molecule has 9 nitrogen and oxygen atoms in total. The van der Waals surface area contributed by atoms with Crippen LogP contribution in [0.5, 0.6) is 0 Å². The lowest BCUT2D eigenvalue weighted by Crippen LogP contribution is -2.12. The van der Waals surface area contributed by atoms with Crippen molar-refractivity contribution >= 4 is 82.6 Å². The Morgan fingerprint density at radius 3 is 2.31 bits per heavy atom. The van der Waals surface area contributed by atoms with Crippen LogP contribution in [-0.4, -0.2) is 32.0 Å². The lowest BCUT2D eigenvalue weighted by atomic mass is 10.3. The molecule has 0 unspecified atom stereocenters. The number of fused-ring (bicyclic) bond motifs is 1. The molecule has 0 aliphatic rings. The van der Waals surface area contributed by atoms with Gasteiger partial charge in [-0.1, -0.05) is 34.8 Å². The number of phosphoric acid groups is 1. The second-order valence-electron chi connectivity index (χ2n) is 5.27. The van der Waals surface area contributed by atoms with Crippen LogP contribution in [0.1, 0.15) is 13.8 Å². The van der Waals surface area contributed by atoms with Crippen molar-refractivity contribution in [3.63, 3.8) is 0 Å². The summed E-state index contributed by atoms with van der Waals surface area (Å²) in [5, 5.41) is 0.518. The number of oxazole rings is 1. The SMILES string of the molecule is CCOP(=S)(OCC)SCn1c(=O)oc2cc(Cl)ccc21.COP(=O)(OC)OC=C(Cl)Cl. The lowest BCUT2D eigenvalue weighted by molar-refractivity contribution is 0.194. The highest BCUT2D eigenvalue weighted by Crippen LogP contribution is 2.61. The van der Waals surface area contributed by atoms with Crippen molar-refractivity contribution < 1.29 is 31.6 Å². The summed E-state index contributed by atoms with van der Waals surface area (Å²) >= 11 is 23.0. The first kappa shape index (κ1) is 30.0. The molecule has 0 aliphatic carbocycles. The van der Waals surface area contributed by atoms with Crippen LogP contribution in [0, 0.1) is 0 Å². The van der Waals surface area contributed by atoms with E-state index in [4.69, 9.17) is 60.1 Å². The van der Waals surface area contributed by atoms with E-state index < -0.39 is 19.3 Å². The maximum absolute atomic E-state index is 11.9. The number of nitrogens with zero attached hydrogens (tertiary/aromatic N) is 1. The van der Waals surface area contributed by atoms with Crippen molar-refractivity contribution in [2.45, 2.75) is 19.7 Å². The number of phosphoric ester groups is 1. The van der Waals surface area contributed by atoms with Gasteiger partial charge in [-0.3, -0.25) is 13.6 Å². The van der Waals surface area contributed by atoms with E-state index in [1.54, 1.807) is 18.2 Å². The molecule has 32 heavy (non-hydrogen) atoms. The Kier molecular flexibility index (Phi) is 13.5. The van der Waals surface area contributed by atoms with Crippen molar-refractivity contribution in [1.82, 2.24) is 4.57 Å². The van der Waals surface area contributed by atoms with Crippen LogP contribution in [0.15, 0.2) is 38.2 Å². The maximum Gasteiger partial charge on any atom is 0.529 e. The Morgan fingerprint density at radius 1 is 1.22 bits per heavy atom. The standard InChI is InChI=1S/C12H15ClNO4PS2.C4H7Cl2O4P/c1-3-16-19(20,17-4-2)21-8-14-10-6-5-9(13)7-11(10)18-12(14)15;1-8-11(7,9-2)10-3-4(5)6/h5-7H,3-4,8H2,1-2H3;3H,1-2H3. The molecule has 0 saturated heterocycles. The minimum atomic E-state index is -3.48. The van der Waals surface area contributed by atoms with E-state index >= 15 is 0 Å². The molecule has 2 aromatic rings. The van der Waals surface area contributed by atoms with E-state index in [2.05, 4.69) is 13.6 Å². The molecule has 0 atom stereocenters.